The van der Waals surface area contributed by atoms with E-state index in [2.05, 4.69) is 35.3 Å². The summed E-state index contributed by atoms with van der Waals surface area (Å²) in [7, 11) is 0. The lowest BCUT2D eigenvalue weighted by molar-refractivity contribution is -0.132. The van der Waals surface area contributed by atoms with Gasteiger partial charge in [0.15, 0.2) is 0 Å². The molecule has 3 aromatic rings. The van der Waals surface area contributed by atoms with Crippen LogP contribution < -0.4 is 5.69 Å². The third kappa shape index (κ3) is 4.95. The number of nitrogens with one attached hydrogen (secondary N) is 1. The van der Waals surface area contributed by atoms with E-state index in [0.717, 1.165) is 55.8 Å². The molecule has 0 saturated carbocycles. The number of aromatic amines is 1. The first-order chi connectivity index (χ1) is 15.0. The van der Waals surface area contributed by atoms with E-state index in [1.54, 1.807) is 4.57 Å². The van der Waals surface area contributed by atoms with Gasteiger partial charge in [-0.2, -0.15) is 5.10 Å². The van der Waals surface area contributed by atoms with E-state index in [1.807, 2.05) is 42.2 Å². The van der Waals surface area contributed by atoms with Crippen molar-refractivity contribution in [2.45, 2.75) is 46.0 Å². The lowest BCUT2D eigenvalue weighted by atomic mass is 9.92. The number of amides is 1. The third-order valence-corrected chi connectivity index (χ3v) is 6.25. The molecule has 2 aromatic carbocycles. The maximum absolute atomic E-state index is 12.7. The zero-order chi connectivity index (χ0) is 21.8. The zero-order valence-corrected chi connectivity index (χ0v) is 18.3. The Morgan fingerprint density at radius 1 is 1.10 bits per heavy atom. The van der Waals surface area contributed by atoms with Crippen molar-refractivity contribution in [1.29, 1.82) is 0 Å². The molecular weight excluding hydrogens is 388 g/mol. The average Bonchev–Trinajstić information content (AvgIpc) is 3.13. The molecule has 1 saturated heterocycles. The number of likely N-dealkylation sites (tertiary alicyclic amines) is 1. The number of hydrogen-bond donors (Lipinski definition) is 1. The summed E-state index contributed by atoms with van der Waals surface area (Å²) in [5.74, 6) is 1.42. The molecule has 162 valence electrons. The van der Waals surface area contributed by atoms with E-state index >= 15 is 0 Å². The smallest absolute Gasteiger partial charge is 0.343 e. The van der Waals surface area contributed by atoms with Gasteiger partial charge in [0.25, 0.3) is 0 Å². The molecule has 0 radical (unpaired) electrons. The summed E-state index contributed by atoms with van der Waals surface area (Å²) < 4.78 is 1.69. The summed E-state index contributed by atoms with van der Waals surface area (Å²) in [6, 6.07) is 16.2. The molecular formula is C25H30N4O2. The Labute approximate surface area is 182 Å². The Morgan fingerprint density at radius 2 is 1.87 bits per heavy atom. The molecule has 1 aliphatic rings. The highest BCUT2D eigenvalue weighted by Crippen LogP contribution is 2.23. The Bertz CT molecular complexity index is 1110. The number of piperidine rings is 1. The van der Waals surface area contributed by atoms with Gasteiger partial charge in [-0.1, -0.05) is 48.0 Å². The van der Waals surface area contributed by atoms with E-state index in [-0.39, 0.29) is 11.6 Å². The van der Waals surface area contributed by atoms with Crippen LogP contribution in [0.5, 0.6) is 0 Å². The molecule has 0 bridgehead atoms. The van der Waals surface area contributed by atoms with Gasteiger partial charge in [-0.15, -0.1) is 0 Å². The molecule has 1 amide bonds. The van der Waals surface area contributed by atoms with E-state index in [1.165, 1.54) is 11.1 Å². The van der Waals surface area contributed by atoms with Crippen LogP contribution in [-0.2, 0) is 17.6 Å². The number of hydrogen-bond acceptors (Lipinski definition) is 3. The van der Waals surface area contributed by atoms with Crippen molar-refractivity contribution in [1.82, 2.24) is 19.7 Å². The number of H-pyrrole nitrogens is 1. The fourth-order valence-electron chi connectivity index (χ4n) is 4.45. The summed E-state index contributed by atoms with van der Waals surface area (Å²) in [6.07, 6.45) is 3.95. The monoisotopic (exact) mass is 418 g/mol. The van der Waals surface area contributed by atoms with Crippen molar-refractivity contribution < 1.29 is 4.79 Å². The summed E-state index contributed by atoms with van der Waals surface area (Å²) in [4.78, 5) is 27.0. The maximum Gasteiger partial charge on any atom is 0.347 e. The minimum atomic E-state index is -0.201. The van der Waals surface area contributed by atoms with Crippen molar-refractivity contribution >= 4 is 5.91 Å². The van der Waals surface area contributed by atoms with Crippen molar-refractivity contribution in [2.75, 3.05) is 13.1 Å². The van der Waals surface area contributed by atoms with Gasteiger partial charge in [0, 0.05) is 25.9 Å². The minimum Gasteiger partial charge on any atom is -0.343 e. The largest absolute Gasteiger partial charge is 0.347 e. The first-order valence-corrected chi connectivity index (χ1v) is 11.1. The molecule has 1 N–H and O–H groups in total. The minimum absolute atomic E-state index is 0.201. The summed E-state index contributed by atoms with van der Waals surface area (Å²) in [5, 5.41) is 6.91. The first-order valence-electron chi connectivity index (χ1n) is 11.1. The van der Waals surface area contributed by atoms with Crippen LogP contribution in [0.2, 0.25) is 0 Å². The van der Waals surface area contributed by atoms with Crippen molar-refractivity contribution in [3.05, 3.63) is 81.5 Å². The average molecular weight is 419 g/mol. The highest BCUT2D eigenvalue weighted by Gasteiger charge is 2.25. The predicted molar refractivity (Wildman–Crippen MR) is 121 cm³/mol. The molecule has 1 fully saturated rings. The second-order valence-electron chi connectivity index (χ2n) is 8.58. The van der Waals surface area contributed by atoms with Crippen LogP contribution in [0.1, 0.15) is 41.8 Å². The van der Waals surface area contributed by atoms with Gasteiger partial charge >= 0.3 is 5.69 Å². The van der Waals surface area contributed by atoms with Crippen molar-refractivity contribution in [2.24, 2.45) is 5.92 Å². The maximum atomic E-state index is 12.7. The fraction of sp³-hybridized carbons (Fsp3) is 0.400. The van der Waals surface area contributed by atoms with Crippen molar-refractivity contribution in [3.63, 3.8) is 0 Å². The van der Waals surface area contributed by atoms with Crippen LogP contribution >= 0.6 is 0 Å². The quantitative estimate of drug-likeness (QED) is 0.665. The van der Waals surface area contributed by atoms with Gasteiger partial charge in [0.05, 0.1) is 5.69 Å². The van der Waals surface area contributed by atoms with Gasteiger partial charge in [-0.25, -0.2) is 14.5 Å². The van der Waals surface area contributed by atoms with E-state index in [9.17, 15) is 9.59 Å². The number of carbonyl (C=O) groups is 1. The first kappa shape index (κ1) is 21.1. The van der Waals surface area contributed by atoms with E-state index < -0.39 is 0 Å². The highest BCUT2D eigenvalue weighted by molar-refractivity contribution is 5.76. The van der Waals surface area contributed by atoms with Crippen LogP contribution in [-0.4, -0.2) is 38.7 Å². The SMILES string of the molecule is Cc1cccc(CCC(=O)N2CCC(Cc3n[nH]c(=O)n3-c3ccccc3C)CC2)c1. The van der Waals surface area contributed by atoms with Crippen LogP contribution in [0.4, 0.5) is 0 Å². The Hall–Kier alpha value is -3.15. The molecule has 2 heterocycles. The van der Waals surface area contributed by atoms with Crippen LogP contribution in [0, 0.1) is 19.8 Å². The van der Waals surface area contributed by atoms with Gasteiger partial charge in [-0.05, 0) is 56.2 Å². The second kappa shape index (κ2) is 9.33. The van der Waals surface area contributed by atoms with E-state index in [4.69, 9.17) is 0 Å². The lowest BCUT2D eigenvalue weighted by Crippen LogP contribution is -2.39. The third-order valence-electron chi connectivity index (χ3n) is 6.25. The summed E-state index contributed by atoms with van der Waals surface area (Å²) in [5.41, 5.74) is 4.17. The predicted octanol–water partition coefficient (Wildman–Crippen LogP) is 3.59. The van der Waals surface area contributed by atoms with Crippen LogP contribution in [0.15, 0.2) is 53.3 Å². The molecule has 0 unspecified atom stereocenters. The topological polar surface area (TPSA) is 71.0 Å². The summed E-state index contributed by atoms with van der Waals surface area (Å²) in [6.45, 7) is 5.63. The molecule has 6 heteroatoms. The number of benzene rings is 2. The van der Waals surface area contributed by atoms with Gasteiger partial charge < -0.3 is 4.90 Å². The number of aryl methyl sites for hydroxylation is 3. The zero-order valence-electron chi connectivity index (χ0n) is 18.3. The van der Waals surface area contributed by atoms with Gasteiger partial charge in [-0.3, -0.25) is 4.79 Å². The standard InChI is InChI=1S/C25H30N4O2/c1-18-6-5-8-20(16-18)10-11-24(30)28-14-12-21(13-15-28)17-23-26-27-25(31)29(23)22-9-4-3-7-19(22)2/h3-9,16,21H,10-15,17H2,1-2H3,(H,27,31). The van der Waals surface area contributed by atoms with Gasteiger partial charge in [0.1, 0.15) is 5.82 Å². The Morgan fingerprint density at radius 3 is 2.61 bits per heavy atom. The number of aromatic nitrogens is 3. The molecule has 31 heavy (non-hydrogen) atoms. The summed E-state index contributed by atoms with van der Waals surface area (Å²) >= 11 is 0. The molecule has 0 aliphatic carbocycles. The number of para-hydroxylation sites is 1. The fourth-order valence-corrected chi connectivity index (χ4v) is 4.45. The molecule has 1 aliphatic heterocycles. The highest BCUT2D eigenvalue weighted by atomic mass is 16.2. The second-order valence-corrected chi connectivity index (χ2v) is 8.58. The lowest BCUT2D eigenvalue weighted by Gasteiger charge is -2.32. The van der Waals surface area contributed by atoms with Crippen LogP contribution in [0.25, 0.3) is 5.69 Å². The van der Waals surface area contributed by atoms with Crippen molar-refractivity contribution in [3.8, 4) is 5.69 Å². The normalized spacial score (nSPS) is 14.7. The Kier molecular flexibility index (Phi) is 6.35. The molecule has 0 spiro atoms. The molecule has 0 atom stereocenters. The van der Waals surface area contributed by atoms with Crippen LogP contribution in [0.3, 0.4) is 0 Å². The Balaban J connectivity index is 1.33. The number of carbonyl (C=O) groups excluding carboxylic acids is 1. The molecule has 1 aromatic heterocycles. The molecule has 6 nitrogen and oxygen atoms in total. The number of rotatable bonds is 6. The van der Waals surface area contributed by atoms with E-state index in [0.29, 0.717) is 12.3 Å². The number of nitrogens with zero attached hydrogens (tertiary/aromatic N) is 3. The van der Waals surface area contributed by atoms with Gasteiger partial charge in [0.2, 0.25) is 5.91 Å². The molecule has 4 rings (SSSR count).